The molecule has 1 atom stereocenters. The molecule has 1 aliphatic rings. The minimum atomic E-state index is -0.827. The molecule has 4 aromatic rings. The van der Waals surface area contributed by atoms with E-state index < -0.39 is 6.04 Å². The fraction of sp³-hybridized carbons (Fsp3) is 0.200. The summed E-state index contributed by atoms with van der Waals surface area (Å²) in [5.41, 5.74) is 2.99. The topological polar surface area (TPSA) is 107 Å². The van der Waals surface area contributed by atoms with Gasteiger partial charge in [0.15, 0.2) is 0 Å². The van der Waals surface area contributed by atoms with Crippen molar-refractivity contribution in [3.8, 4) is 0 Å². The van der Waals surface area contributed by atoms with Crippen LogP contribution in [0.1, 0.15) is 42.1 Å². The van der Waals surface area contributed by atoms with Gasteiger partial charge in [0.1, 0.15) is 6.04 Å². The number of hydrogen-bond donors (Lipinski definition) is 3. The second-order valence-corrected chi connectivity index (χ2v) is 9.27. The van der Waals surface area contributed by atoms with Crippen LogP contribution in [0.3, 0.4) is 0 Å². The fourth-order valence-electron chi connectivity index (χ4n) is 4.17. The van der Waals surface area contributed by atoms with Crippen molar-refractivity contribution in [1.29, 1.82) is 0 Å². The van der Waals surface area contributed by atoms with E-state index in [9.17, 15) is 14.4 Å². The summed E-state index contributed by atoms with van der Waals surface area (Å²) >= 11 is 1.47. The summed E-state index contributed by atoms with van der Waals surface area (Å²) in [5.74, 6) is -0.635. The molecule has 0 saturated carbocycles. The molecule has 0 bridgehead atoms. The lowest BCUT2D eigenvalue weighted by molar-refractivity contribution is -0.134. The number of thiophene rings is 1. The number of carbonyl (C=O) groups is 3. The zero-order valence-corrected chi connectivity index (χ0v) is 19.3. The third kappa shape index (κ3) is 4.17. The summed E-state index contributed by atoms with van der Waals surface area (Å²) < 4.78 is 0. The Morgan fingerprint density at radius 2 is 1.91 bits per heavy atom. The molecule has 3 amide bonds. The van der Waals surface area contributed by atoms with Crippen molar-refractivity contribution in [3.05, 3.63) is 87.2 Å². The molecule has 5 rings (SSSR count). The van der Waals surface area contributed by atoms with E-state index in [2.05, 4.69) is 20.8 Å². The van der Waals surface area contributed by atoms with Gasteiger partial charge in [-0.3, -0.25) is 19.5 Å². The van der Waals surface area contributed by atoms with Crippen LogP contribution in [0.5, 0.6) is 0 Å². The molecule has 0 aliphatic carbocycles. The van der Waals surface area contributed by atoms with Crippen molar-refractivity contribution < 1.29 is 14.4 Å². The molecule has 1 aliphatic heterocycles. The first-order valence-corrected chi connectivity index (χ1v) is 11.8. The highest BCUT2D eigenvalue weighted by atomic mass is 32.1. The quantitative estimate of drug-likeness (QED) is 0.414. The van der Waals surface area contributed by atoms with Gasteiger partial charge < -0.3 is 15.5 Å². The van der Waals surface area contributed by atoms with Gasteiger partial charge in [-0.15, -0.1) is 11.3 Å². The summed E-state index contributed by atoms with van der Waals surface area (Å²) in [4.78, 5) is 42.3. The average molecular weight is 474 g/mol. The number of rotatable bonds is 5. The van der Waals surface area contributed by atoms with Gasteiger partial charge in [0, 0.05) is 36.0 Å². The van der Waals surface area contributed by atoms with Crippen molar-refractivity contribution in [2.24, 2.45) is 0 Å². The number of benzene rings is 2. The molecule has 0 fully saturated rings. The third-order valence-electron chi connectivity index (χ3n) is 5.99. The maximum absolute atomic E-state index is 13.7. The molecule has 2 aromatic carbocycles. The first-order chi connectivity index (χ1) is 16.5. The standard InChI is InChI=1S/C25H23N5O3S/c1-26-24(32)21-12-18-14-30(10-9-20(18)34-21)25(33)22(15-5-3-2-4-6-15)28-23(31)16-7-8-19-17(11-16)13-27-29-19/h2-8,11-13,22H,9-10,14H2,1H3,(H,26,32)(H,27,29)(H,28,31)/t22-/m1/s1. The number of amides is 3. The van der Waals surface area contributed by atoms with Crippen LogP contribution in [-0.4, -0.2) is 46.4 Å². The number of hydrogen-bond acceptors (Lipinski definition) is 5. The Balaban J connectivity index is 1.39. The van der Waals surface area contributed by atoms with Crippen LogP contribution in [0.4, 0.5) is 0 Å². The molecule has 34 heavy (non-hydrogen) atoms. The van der Waals surface area contributed by atoms with Gasteiger partial charge in [-0.1, -0.05) is 30.3 Å². The molecule has 2 aromatic heterocycles. The van der Waals surface area contributed by atoms with Crippen LogP contribution in [-0.2, 0) is 17.8 Å². The van der Waals surface area contributed by atoms with Gasteiger partial charge in [-0.25, -0.2) is 0 Å². The van der Waals surface area contributed by atoms with Crippen LogP contribution < -0.4 is 10.6 Å². The van der Waals surface area contributed by atoms with Gasteiger partial charge in [0.25, 0.3) is 11.8 Å². The number of H-pyrrole nitrogens is 1. The minimum absolute atomic E-state index is 0.124. The van der Waals surface area contributed by atoms with Crippen LogP contribution in [0.2, 0.25) is 0 Å². The molecule has 9 heteroatoms. The SMILES string of the molecule is CNC(=O)c1cc2c(s1)CCN(C(=O)[C@H](NC(=O)c1ccc3[nH]ncc3c1)c1ccccc1)C2. The van der Waals surface area contributed by atoms with E-state index in [-0.39, 0.29) is 17.7 Å². The molecule has 0 saturated heterocycles. The van der Waals surface area contributed by atoms with Crippen LogP contribution in [0.25, 0.3) is 10.9 Å². The zero-order valence-electron chi connectivity index (χ0n) is 18.5. The predicted molar refractivity (Wildman–Crippen MR) is 130 cm³/mol. The van der Waals surface area contributed by atoms with Gasteiger partial charge in [-0.2, -0.15) is 5.10 Å². The average Bonchev–Trinajstić information content (AvgIpc) is 3.52. The summed E-state index contributed by atoms with van der Waals surface area (Å²) in [7, 11) is 1.61. The first kappa shape index (κ1) is 21.8. The van der Waals surface area contributed by atoms with E-state index >= 15 is 0 Å². The lowest BCUT2D eigenvalue weighted by Crippen LogP contribution is -2.44. The van der Waals surface area contributed by atoms with Crippen molar-refractivity contribution >= 4 is 40.0 Å². The van der Waals surface area contributed by atoms with Crippen LogP contribution in [0.15, 0.2) is 60.8 Å². The summed E-state index contributed by atoms with van der Waals surface area (Å²) in [6, 6.07) is 15.5. The van der Waals surface area contributed by atoms with Crippen molar-refractivity contribution in [3.63, 3.8) is 0 Å². The van der Waals surface area contributed by atoms with E-state index in [0.29, 0.717) is 35.5 Å². The summed E-state index contributed by atoms with van der Waals surface area (Å²) in [6.07, 6.45) is 2.33. The van der Waals surface area contributed by atoms with Gasteiger partial charge in [-0.05, 0) is 41.8 Å². The van der Waals surface area contributed by atoms with Crippen LogP contribution in [0, 0.1) is 0 Å². The Hall–Kier alpha value is -3.98. The molecule has 0 spiro atoms. The highest BCUT2D eigenvalue weighted by molar-refractivity contribution is 7.14. The van der Waals surface area contributed by atoms with E-state index in [4.69, 9.17) is 0 Å². The van der Waals surface area contributed by atoms with E-state index in [1.54, 1.807) is 36.3 Å². The van der Waals surface area contributed by atoms with Crippen molar-refractivity contribution in [2.45, 2.75) is 19.0 Å². The second-order valence-electron chi connectivity index (χ2n) is 8.14. The number of nitrogens with one attached hydrogen (secondary N) is 3. The molecular formula is C25H23N5O3S. The van der Waals surface area contributed by atoms with E-state index in [1.807, 2.05) is 36.4 Å². The summed E-state index contributed by atoms with van der Waals surface area (Å²) in [5, 5.41) is 13.3. The number of nitrogens with zero attached hydrogens (tertiary/aromatic N) is 2. The molecule has 0 radical (unpaired) electrons. The monoisotopic (exact) mass is 473 g/mol. The Labute approximate surface area is 200 Å². The van der Waals surface area contributed by atoms with Crippen molar-refractivity contribution in [1.82, 2.24) is 25.7 Å². The summed E-state index contributed by atoms with van der Waals surface area (Å²) in [6.45, 7) is 0.932. The number of carbonyl (C=O) groups excluding carboxylic acids is 3. The fourth-order valence-corrected chi connectivity index (χ4v) is 5.28. The highest BCUT2D eigenvalue weighted by Crippen LogP contribution is 2.30. The highest BCUT2D eigenvalue weighted by Gasteiger charge is 2.31. The molecule has 3 N–H and O–H groups in total. The smallest absolute Gasteiger partial charge is 0.261 e. The third-order valence-corrected chi connectivity index (χ3v) is 7.22. The Morgan fingerprint density at radius 3 is 2.71 bits per heavy atom. The predicted octanol–water partition coefficient (Wildman–Crippen LogP) is 3.04. The maximum atomic E-state index is 13.7. The number of fused-ring (bicyclic) bond motifs is 2. The molecule has 3 heterocycles. The molecule has 172 valence electrons. The largest absolute Gasteiger partial charge is 0.354 e. The molecule has 0 unspecified atom stereocenters. The van der Waals surface area contributed by atoms with E-state index in [1.165, 1.54) is 11.3 Å². The van der Waals surface area contributed by atoms with Crippen LogP contribution >= 0.6 is 11.3 Å². The second kappa shape index (κ2) is 9.11. The van der Waals surface area contributed by atoms with Gasteiger partial charge >= 0.3 is 0 Å². The zero-order chi connectivity index (χ0) is 23.7. The van der Waals surface area contributed by atoms with Gasteiger partial charge in [0.05, 0.1) is 16.6 Å². The van der Waals surface area contributed by atoms with Crippen molar-refractivity contribution in [2.75, 3.05) is 13.6 Å². The number of aromatic nitrogens is 2. The minimum Gasteiger partial charge on any atom is -0.354 e. The first-order valence-electron chi connectivity index (χ1n) is 10.9. The Kier molecular flexibility index (Phi) is 5.85. The lowest BCUT2D eigenvalue weighted by Gasteiger charge is -2.31. The number of aromatic amines is 1. The molecule has 8 nitrogen and oxygen atoms in total. The van der Waals surface area contributed by atoms with Gasteiger partial charge in [0.2, 0.25) is 5.91 Å². The Morgan fingerprint density at radius 1 is 1.09 bits per heavy atom. The Bertz CT molecular complexity index is 1380. The maximum Gasteiger partial charge on any atom is 0.261 e. The van der Waals surface area contributed by atoms with E-state index in [0.717, 1.165) is 21.3 Å². The normalized spacial score (nSPS) is 13.9. The molecular weight excluding hydrogens is 450 g/mol. The lowest BCUT2D eigenvalue weighted by atomic mass is 10.0.